The Kier molecular flexibility index (Phi) is 7.01. The van der Waals surface area contributed by atoms with Crippen molar-refractivity contribution < 1.29 is 19.1 Å². The molecular weight excluding hydrogens is 392 g/mol. The molecule has 0 aliphatic rings. The van der Waals surface area contributed by atoms with E-state index in [4.69, 9.17) is 21.7 Å². The van der Waals surface area contributed by atoms with Crippen LogP contribution in [0.15, 0.2) is 29.2 Å². The summed E-state index contributed by atoms with van der Waals surface area (Å²) in [5, 5.41) is 6.82. The monoisotopic (exact) mass is 410 g/mol. The number of carbonyl (C=O) groups is 2. The van der Waals surface area contributed by atoms with E-state index in [9.17, 15) is 9.59 Å². The average Bonchev–Trinajstić information content (AvgIpc) is 2.96. The minimum absolute atomic E-state index is 0.264. The van der Waals surface area contributed by atoms with Gasteiger partial charge in [-0.15, -0.1) is 23.1 Å². The molecule has 1 aromatic heterocycles. The topological polar surface area (TPSA) is 76.7 Å². The molecule has 9 heteroatoms. The van der Waals surface area contributed by atoms with E-state index in [1.807, 2.05) is 30.5 Å². The molecule has 1 heterocycles. The maximum atomic E-state index is 12.1. The van der Waals surface area contributed by atoms with Crippen molar-refractivity contribution in [2.45, 2.75) is 11.8 Å². The Morgan fingerprint density at radius 1 is 1.12 bits per heavy atom. The molecule has 138 valence electrons. The number of rotatable bonds is 5. The molecule has 0 atom stereocenters. The van der Waals surface area contributed by atoms with Crippen LogP contribution in [-0.4, -0.2) is 37.5 Å². The van der Waals surface area contributed by atoms with Crippen LogP contribution in [0.5, 0.6) is 0 Å². The van der Waals surface area contributed by atoms with Crippen LogP contribution in [-0.2, 0) is 9.47 Å². The van der Waals surface area contributed by atoms with E-state index in [1.165, 1.54) is 14.2 Å². The lowest BCUT2D eigenvalue weighted by atomic mass is 10.1. The van der Waals surface area contributed by atoms with Gasteiger partial charge < -0.3 is 20.1 Å². The van der Waals surface area contributed by atoms with Crippen molar-refractivity contribution in [1.82, 2.24) is 0 Å². The van der Waals surface area contributed by atoms with E-state index in [1.54, 1.807) is 18.7 Å². The number of hydrogen-bond donors (Lipinski definition) is 2. The van der Waals surface area contributed by atoms with Crippen molar-refractivity contribution in [3.63, 3.8) is 0 Å². The number of nitrogens with one attached hydrogen (secondary N) is 2. The molecule has 0 aliphatic heterocycles. The Labute approximate surface area is 165 Å². The number of thiocarbonyl (C=S) groups is 1. The van der Waals surface area contributed by atoms with Crippen molar-refractivity contribution in [2.75, 3.05) is 31.1 Å². The molecule has 2 rings (SSSR count). The fourth-order valence-electron chi connectivity index (χ4n) is 2.24. The molecule has 26 heavy (non-hydrogen) atoms. The molecule has 0 fully saturated rings. The zero-order valence-corrected chi connectivity index (χ0v) is 17.1. The van der Waals surface area contributed by atoms with Crippen molar-refractivity contribution in [2.24, 2.45) is 0 Å². The number of carbonyl (C=O) groups excluding carboxylic acids is 2. The summed E-state index contributed by atoms with van der Waals surface area (Å²) in [6, 6.07) is 7.71. The largest absolute Gasteiger partial charge is 0.465 e. The lowest BCUT2D eigenvalue weighted by Gasteiger charge is -2.13. The maximum Gasteiger partial charge on any atom is 0.348 e. The quantitative estimate of drug-likeness (QED) is 0.432. The minimum atomic E-state index is -0.552. The number of anilines is 2. The zero-order valence-electron chi connectivity index (χ0n) is 14.7. The first-order valence-corrected chi connectivity index (χ1v) is 9.88. The highest BCUT2D eigenvalue weighted by Gasteiger charge is 2.26. The van der Waals surface area contributed by atoms with E-state index < -0.39 is 11.9 Å². The van der Waals surface area contributed by atoms with Gasteiger partial charge in [0, 0.05) is 4.90 Å². The molecule has 0 saturated carbocycles. The van der Waals surface area contributed by atoms with Gasteiger partial charge in [-0.3, -0.25) is 0 Å². The number of ether oxygens (including phenoxy) is 2. The van der Waals surface area contributed by atoms with Crippen LogP contribution >= 0.6 is 35.3 Å². The van der Waals surface area contributed by atoms with Gasteiger partial charge in [0.2, 0.25) is 0 Å². The number of thioether (sulfide) groups is 1. The van der Waals surface area contributed by atoms with Crippen molar-refractivity contribution in [1.29, 1.82) is 0 Å². The standard InChI is InChI=1S/C17H18N2O4S3/c1-9-12(15(20)22-2)14(26-13(9)16(21)23-3)19-17(24)18-10-7-5-6-8-11(10)25-4/h5-8H,1-4H3,(H2,18,19,24). The van der Waals surface area contributed by atoms with Crippen molar-refractivity contribution in [3.8, 4) is 0 Å². The maximum absolute atomic E-state index is 12.1. The van der Waals surface area contributed by atoms with Gasteiger partial charge in [0.1, 0.15) is 9.88 Å². The first kappa shape index (κ1) is 20.2. The molecule has 6 nitrogen and oxygen atoms in total. The van der Waals surface area contributed by atoms with Gasteiger partial charge in [-0.2, -0.15) is 0 Å². The highest BCUT2D eigenvalue weighted by Crippen LogP contribution is 2.34. The molecule has 0 unspecified atom stereocenters. The Balaban J connectivity index is 2.31. The van der Waals surface area contributed by atoms with Crippen LogP contribution in [0.4, 0.5) is 10.7 Å². The van der Waals surface area contributed by atoms with Crippen LogP contribution < -0.4 is 10.6 Å². The second-order valence-corrected chi connectivity index (χ2v) is 7.30. The minimum Gasteiger partial charge on any atom is -0.465 e. The fourth-order valence-corrected chi connectivity index (χ4v) is 4.19. The SMILES string of the molecule is COC(=O)c1sc(NC(=S)Nc2ccccc2SC)c(C(=O)OC)c1C. The third-order valence-electron chi connectivity index (χ3n) is 3.49. The van der Waals surface area contributed by atoms with Gasteiger partial charge in [-0.05, 0) is 43.1 Å². The smallest absolute Gasteiger partial charge is 0.348 e. The Hall–Kier alpha value is -2.10. The normalized spacial score (nSPS) is 10.2. The number of thiophene rings is 1. The number of benzene rings is 1. The highest BCUT2D eigenvalue weighted by atomic mass is 32.2. The van der Waals surface area contributed by atoms with Gasteiger partial charge in [0.05, 0.1) is 25.5 Å². The third kappa shape index (κ3) is 4.35. The second-order valence-electron chi connectivity index (χ2n) is 5.02. The molecule has 0 bridgehead atoms. The van der Waals surface area contributed by atoms with Gasteiger partial charge in [0.25, 0.3) is 0 Å². The van der Waals surface area contributed by atoms with E-state index in [0.717, 1.165) is 21.9 Å². The third-order valence-corrected chi connectivity index (χ3v) is 5.68. The predicted molar refractivity (Wildman–Crippen MR) is 110 cm³/mol. The molecular formula is C17H18N2O4S3. The van der Waals surface area contributed by atoms with E-state index in [-0.39, 0.29) is 5.56 Å². The van der Waals surface area contributed by atoms with Gasteiger partial charge in [-0.25, -0.2) is 9.59 Å². The van der Waals surface area contributed by atoms with Crippen LogP contribution in [0, 0.1) is 6.92 Å². The summed E-state index contributed by atoms with van der Waals surface area (Å²) in [5.74, 6) is -1.07. The summed E-state index contributed by atoms with van der Waals surface area (Å²) in [4.78, 5) is 25.4. The number of methoxy groups -OCH3 is 2. The van der Waals surface area contributed by atoms with E-state index in [0.29, 0.717) is 20.6 Å². The van der Waals surface area contributed by atoms with Crippen LogP contribution in [0.3, 0.4) is 0 Å². The summed E-state index contributed by atoms with van der Waals surface area (Å²) in [7, 11) is 2.57. The van der Waals surface area contributed by atoms with Crippen molar-refractivity contribution >= 4 is 63.1 Å². The zero-order chi connectivity index (χ0) is 19.3. The molecule has 0 amide bonds. The fraction of sp³-hybridized carbons (Fsp3) is 0.235. The molecule has 2 aromatic rings. The van der Waals surface area contributed by atoms with Crippen LogP contribution in [0.1, 0.15) is 25.6 Å². The Morgan fingerprint density at radius 3 is 2.38 bits per heavy atom. The number of hydrogen-bond acceptors (Lipinski definition) is 7. The first-order chi connectivity index (χ1) is 12.4. The predicted octanol–water partition coefficient (Wildman–Crippen LogP) is 4.16. The van der Waals surface area contributed by atoms with Gasteiger partial charge in [-0.1, -0.05) is 12.1 Å². The summed E-state index contributed by atoms with van der Waals surface area (Å²) in [6.07, 6.45) is 1.97. The van der Waals surface area contributed by atoms with Crippen LogP contribution in [0.25, 0.3) is 0 Å². The summed E-state index contributed by atoms with van der Waals surface area (Å²) in [6.45, 7) is 1.67. The van der Waals surface area contributed by atoms with Gasteiger partial charge in [0.15, 0.2) is 5.11 Å². The van der Waals surface area contributed by atoms with E-state index >= 15 is 0 Å². The summed E-state index contributed by atoms with van der Waals surface area (Å²) in [5.41, 5.74) is 1.60. The molecule has 0 radical (unpaired) electrons. The molecule has 0 saturated heterocycles. The lowest BCUT2D eigenvalue weighted by molar-refractivity contribution is 0.0601. The summed E-state index contributed by atoms with van der Waals surface area (Å²) >= 11 is 8.04. The lowest BCUT2D eigenvalue weighted by Crippen LogP contribution is -2.20. The van der Waals surface area contributed by atoms with E-state index in [2.05, 4.69) is 10.6 Å². The first-order valence-electron chi connectivity index (χ1n) is 7.44. The average molecular weight is 411 g/mol. The van der Waals surface area contributed by atoms with Crippen molar-refractivity contribution in [3.05, 3.63) is 40.3 Å². The number of para-hydroxylation sites is 1. The molecule has 0 aliphatic carbocycles. The number of esters is 2. The molecule has 1 aromatic carbocycles. The molecule has 0 spiro atoms. The Morgan fingerprint density at radius 2 is 1.77 bits per heavy atom. The summed E-state index contributed by atoms with van der Waals surface area (Å²) < 4.78 is 9.60. The van der Waals surface area contributed by atoms with Crippen LogP contribution in [0.2, 0.25) is 0 Å². The Bertz CT molecular complexity index is 849. The molecule has 2 N–H and O–H groups in total. The van der Waals surface area contributed by atoms with Gasteiger partial charge >= 0.3 is 11.9 Å². The highest BCUT2D eigenvalue weighted by molar-refractivity contribution is 7.98. The second kappa shape index (κ2) is 9.02.